The number of rotatable bonds is 3. The zero-order valence-electron chi connectivity index (χ0n) is 12.4. The van der Waals surface area contributed by atoms with Crippen LogP contribution in [0.25, 0.3) is 0 Å². The fourth-order valence-corrected chi connectivity index (χ4v) is 3.38. The topological polar surface area (TPSA) is 37.8 Å². The highest BCUT2D eigenvalue weighted by molar-refractivity contribution is 5.55. The molecule has 0 aliphatic carbocycles. The van der Waals surface area contributed by atoms with Gasteiger partial charge >= 0.3 is 6.36 Å². The van der Waals surface area contributed by atoms with Crippen molar-refractivity contribution in [3.63, 3.8) is 0 Å². The van der Waals surface area contributed by atoms with Gasteiger partial charge in [-0.1, -0.05) is 0 Å². The van der Waals surface area contributed by atoms with Gasteiger partial charge in [-0.2, -0.15) is 4.98 Å². The molecule has 3 heterocycles. The molecule has 0 bridgehead atoms. The minimum atomic E-state index is -4.75. The van der Waals surface area contributed by atoms with Gasteiger partial charge in [0.25, 0.3) is 0 Å². The van der Waals surface area contributed by atoms with Crippen LogP contribution in [0, 0.1) is 11.8 Å². The number of pyridine rings is 1. The number of alkyl halides is 3. The minimum Gasteiger partial charge on any atom is -0.493 e. The van der Waals surface area contributed by atoms with E-state index in [4.69, 9.17) is 4.74 Å². The van der Waals surface area contributed by atoms with Gasteiger partial charge in [-0.05, 0) is 24.9 Å². The maximum atomic E-state index is 12.4. The van der Waals surface area contributed by atoms with Crippen LogP contribution < -0.4 is 14.4 Å². The first-order valence-electron chi connectivity index (χ1n) is 7.10. The van der Waals surface area contributed by atoms with E-state index in [0.29, 0.717) is 23.4 Å². The van der Waals surface area contributed by atoms with Gasteiger partial charge in [-0.25, -0.2) is 0 Å². The van der Waals surface area contributed by atoms with Crippen LogP contribution in [0.2, 0.25) is 0 Å². The fraction of sp³-hybridized carbons (Fsp3) is 0.643. The Hall–Kier alpha value is -1.70. The molecule has 0 spiro atoms. The van der Waals surface area contributed by atoms with E-state index in [1.54, 1.807) is 0 Å². The third kappa shape index (κ3) is 3.06. The summed E-state index contributed by atoms with van der Waals surface area (Å²) in [7, 11) is 3.56. The molecule has 0 N–H and O–H groups in total. The Bertz CT molecular complexity index is 539. The van der Waals surface area contributed by atoms with Crippen molar-refractivity contribution in [1.82, 2.24) is 9.88 Å². The second kappa shape index (κ2) is 5.49. The van der Waals surface area contributed by atoms with Gasteiger partial charge in [0.2, 0.25) is 5.88 Å². The third-order valence-corrected chi connectivity index (χ3v) is 4.22. The molecule has 2 aliphatic heterocycles. The van der Waals surface area contributed by atoms with Crippen LogP contribution >= 0.6 is 0 Å². The maximum absolute atomic E-state index is 12.4. The number of anilines is 1. The van der Waals surface area contributed by atoms with E-state index in [-0.39, 0.29) is 0 Å². The number of halogens is 3. The van der Waals surface area contributed by atoms with Gasteiger partial charge in [0.05, 0.1) is 7.11 Å². The SMILES string of the molecule is COc1ccc(OC(F)(F)F)nc1N1CC2CN(C)CC2C1. The highest BCUT2D eigenvalue weighted by atomic mass is 19.4. The number of fused-ring (bicyclic) bond motifs is 1. The average molecular weight is 317 g/mol. The molecule has 2 saturated heterocycles. The summed E-state index contributed by atoms with van der Waals surface area (Å²) in [6.45, 7) is 3.55. The predicted molar refractivity (Wildman–Crippen MR) is 74.2 cm³/mol. The Labute approximate surface area is 126 Å². The summed E-state index contributed by atoms with van der Waals surface area (Å²) in [5.41, 5.74) is 0. The molecule has 22 heavy (non-hydrogen) atoms. The second-order valence-corrected chi connectivity index (χ2v) is 5.87. The zero-order valence-corrected chi connectivity index (χ0v) is 12.4. The number of ether oxygens (including phenoxy) is 2. The van der Waals surface area contributed by atoms with E-state index in [9.17, 15) is 13.2 Å². The maximum Gasteiger partial charge on any atom is 0.574 e. The lowest BCUT2D eigenvalue weighted by molar-refractivity contribution is -0.276. The smallest absolute Gasteiger partial charge is 0.493 e. The van der Waals surface area contributed by atoms with E-state index in [1.807, 2.05) is 4.90 Å². The largest absolute Gasteiger partial charge is 0.574 e. The summed E-state index contributed by atoms with van der Waals surface area (Å²) in [6.07, 6.45) is -4.75. The number of hydrogen-bond acceptors (Lipinski definition) is 5. The monoisotopic (exact) mass is 317 g/mol. The summed E-state index contributed by atoms with van der Waals surface area (Å²) in [6, 6.07) is 2.63. The van der Waals surface area contributed by atoms with E-state index >= 15 is 0 Å². The molecule has 0 saturated carbocycles. The van der Waals surface area contributed by atoms with Crippen molar-refractivity contribution in [2.75, 3.05) is 45.2 Å². The highest BCUT2D eigenvalue weighted by Gasteiger charge is 2.40. The molecule has 2 unspecified atom stereocenters. The lowest BCUT2D eigenvalue weighted by atomic mass is 10.0. The normalized spacial score (nSPS) is 25.4. The van der Waals surface area contributed by atoms with Gasteiger partial charge in [0, 0.05) is 32.2 Å². The number of hydrogen-bond donors (Lipinski definition) is 0. The summed E-state index contributed by atoms with van der Waals surface area (Å²) < 4.78 is 46.2. The first-order valence-corrected chi connectivity index (χ1v) is 7.10. The molecule has 1 aromatic heterocycles. The summed E-state index contributed by atoms with van der Waals surface area (Å²) in [4.78, 5) is 8.27. The lowest BCUT2D eigenvalue weighted by Gasteiger charge is -2.22. The fourth-order valence-electron chi connectivity index (χ4n) is 3.38. The Kier molecular flexibility index (Phi) is 3.80. The van der Waals surface area contributed by atoms with Crippen molar-refractivity contribution >= 4 is 5.82 Å². The minimum absolute atomic E-state index is 0.418. The first-order chi connectivity index (χ1) is 10.4. The number of aromatic nitrogens is 1. The van der Waals surface area contributed by atoms with Gasteiger partial charge in [-0.3, -0.25) is 0 Å². The molecule has 8 heteroatoms. The van der Waals surface area contributed by atoms with Crippen molar-refractivity contribution in [3.05, 3.63) is 12.1 Å². The Morgan fingerprint density at radius 3 is 2.32 bits per heavy atom. The van der Waals surface area contributed by atoms with Gasteiger partial charge in [-0.15, -0.1) is 13.2 Å². The van der Waals surface area contributed by atoms with E-state index < -0.39 is 12.2 Å². The van der Waals surface area contributed by atoms with E-state index in [2.05, 4.69) is 21.7 Å². The van der Waals surface area contributed by atoms with Gasteiger partial charge in [0.15, 0.2) is 11.6 Å². The molecule has 2 atom stereocenters. The van der Waals surface area contributed by atoms with E-state index in [0.717, 1.165) is 26.2 Å². The van der Waals surface area contributed by atoms with Crippen LogP contribution in [0.1, 0.15) is 0 Å². The molecule has 0 aromatic carbocycles. The number of nitrogens with zero attached hydrogens (tertiary/aromatic N) is 3. The summed E-state index contributed by atoms with van der Waals surface area (Å²) in [5.74, 6) is 1.45. The van der Waals surface area contributed by atoms with E-state index in [1.165, 1.54) is 19.2 Å². The van der Waals surface area contributed by atoms with Crippen LogP contribution in [0.15, 0.2) is 12.1 Å². The highest BCUT2D eigenvalue weighted by Crippen LogP contribution is 2.37. The van der Waals surface area contributed by atoms with Crippen molar-refractivity contribution in [1.29, 1.82) is 0 Å². The van der Waals surface area contributed by atoms with Crippen LogP contribution in [0.5, 0.6) is 11.6 Å². The number of likely N-dealkylation sites (tertiary alicyclic amines) is 1. The zero-order chi connectivity index (χ0) is 15.9. The Balaban J connectivity index is 1.81. The lowest BCUT2D eigenvalue weighted by Crippen LogP contribution is -2.28. The van der Waals surface area contributed by atoms with Gasteiger partial charge < -0.3 is 19.3 Å². The first kappa shape index (κ1) is 15.2. The standard InChI is InChI=1S/C14H18F3N3O2/c1-19-5-9-7-20(8-10(9)6-19)13-11(21-2)3-4-12(18-13)22-14(15,16)17/h3-4,9-10H,5-8H2,1-2H3. The van der Waals surface area contributed by atoms with Crippen LogP contribution in [0.4, 0.5) is 19.0 Å². The van der Waals surface area contributed by atoms with Crippen LogP contribution in [-0.2, 0) is 0 Å². The van der Waals surface area contributed by atoms with Crippen molar-refractivity contribution in [2.45, 2.75) is 6.36 Å². The Morgan fingerprint density at radius 2 is 1.77 bits per heavy atom. The molecule has 122 valence electrons. The summed E-state index contributed by atoms with van der Waals surface area (Å²) >= 11 is 0. The molecule has 0 amide bonds. The quantitative estimate of drug-likeness (QED) is 0.852. The molecule has 0 radical (unpaired) electrons. The molecular formula is C14H18F3N3O2. The van der Waals surface area contributed by atoms with Crippen molar-refractivity contribution in [2.24, 2.45) is 11.8 Å². The third-order valence-electron chi connectivity index (χ3n) is 4.22. The molecule has 5 nitrogen and oxygen atoms in total. The molecular weight excluding hydrogens is 299 g/mol. The summed E-state index contributed by atoms with van der Waals surface area (Å²) in [5, 5.41) is 0. The predicted octanol–water partition coefficient (Wildman–Crippen LogP) is 1.99. The van der Waals surface area contributed by atoms with Crippen LogP contribution in [0.3, 0.4) is 0 Å². The second-order valence-electron chi connectivity index (χ2n) is 5.87. The molecule has 2 aliphatic rings. The van der Waals surface area contributed by atoms with Gasteiger partial charge in [0.1, 0.15) is 0 Å². The molecule has 2 fully saturated rings. The van der Waals surface area contributed by atoms with Crippen LogP contribution in [-0.4, -0.2) is 56.6 Å². The molecule has 3 rings (SSSR count). The Morgan fingerprint density at radius 1 is 1.14 bits per heavy atom. The van der Waals surface area contributed by atoms with Crippen molar-refractivity contribution < 1.29 is 22.6 Å². The average Bonchev–Trinajstić information content (AvgIpc) is 2.93. The molecule has 1 aromatic rings. The number of methoxy groups -OCH3 is 1. The van der Waals surface area contributed by atoms with Crippen molar-refractivity contribution in [3.8, 4) is 11.6 Å².